The Labute approximate surface area is 105 Å². The first-order valence-corrected chi connectivity index (χ1v) is 5.74. The van der Waals surface area contributed by atoms with E-state index in [9.17, 15) is 14.0 Å². The summed E-state index contributed by atoms with van der Waals surface area (Å²) in [4.78, 5) is 22.8. The zero-order valence-corrected chi connectivity index (χ0v) is 10.4. The van der Waals surface area contributed by atoms with E-state index in [-0.39, 0.29) is 24.1 Å². The molecule has 0 unspecified atom stereocenters. The van der Waals surface area contributed by atoms with Crippen LogP contribution in [0, 0.1) is 11.7 Å². The van der Waals surface area contributed by atoms with E-state index in [0.29, 0.717) is 5.56 Å². The molecule has 0 aliphatic rings. The number of nitrogens with one attached hydrogen (secondary N) is 1. The van der Waals surface area contributed by atoms with E-state index in [2.05, 4.69) is 5.32 Å². The molecule has 4 nitrogen and oxygen atoms in total. The van der Waals surface area contributed by atoms with Crippen molar-refractivity contribution in [2.24, 2.45) is 11.7 Å². The molecule has 0 heterocycles. The summed E-state index contributed by atoms with van der Waals surface area (Å²) in [6.07, 6.45) is 0.186. The molecule has 0 bridgehead atoms. The highest BCUT2D eigenvalue weighted by Gasteiger charge is 2.20. The predicted molar refractivity (Wildman–Crippen MR) is 66.1 cm³/mol. The van der Waals surface area contributed by atoms with Gasteiger partial charge in [0, 0.05) is 12.3 Å². The summed E-state index contributed by atoms with van der Waals surface area (Å²) in [5, 5.41) is 2.55. The van der Waals surface area contributed by atoms with Gasteiger partial charge in [0.15, 0.2) is 0 Å². The summed E-state index contributed by atoms with van der Waals surface area (Å²) in [5.41, 5.74) is 5.84. The van der Waals surface area contributed by atoms with Crippen molar-refractivity contribution < 1.29 is 14.0 Å². The highest BCUT2D eigenvalue weighted by Crippen LogP contribution is 2.07. The fraction of sp³-hybridized carbons (Fsp3) is 0.385. The van der Waals surface area contributed by atoms with Crippen molar-refractivity contribution in [1.82, 2.24) is 5.32 Å². The van der Waals surface area contributed by atoms with E-state index >= 15 is 0 Å². The molecule has 0 aliphatic heterocycles. The summed E-state index contributed by atoms with van der Waals surface area (Å²) in [5.74, 6) is -1.51. The molecule has 0 saturated heterocycles. The van der Waals surface area contributed by atoms with Gasteiger partial charge < -0.3 is 11.1 Å². The first kappa shape index (κ1) is 14.2. The maximum atomic E-state index is 13.0. The Hall–Kier alpha value is -1.91. The fourth-order valence-electron chi connectivity index (χ4n) is 1.46. The van der Waals surface area contributed by atoms with Crippen LogP contribution in [-0.4, -0.2) is 17.9 Å². The zero-order chi connectivity index (χ0) is 13.7. The lowest BCUT2D eigenvalue weighted by molar-refractivity contribution is -0.129. The fourth-order valence-corrected chi connectivity index (χ4v) is 1.46. The Bertz CT molecular complexity index is 446. The second-order valence-corrected chi connectivity index (χ2v) is 4.45. The van der Waals surface area contributed by atoms with Crippen LogP contribution >= 0.6 is 0 Å². The molecule has 3 N–H and O–H groups in total. The maximum Gasteiger partial charge on any atom is 0.240 e. The second kappa shape index (κ2) is 6.14. The number of nitrogens with two attached hydrogens (primary N) is 1. The Morgan fingerprint density at radius 3 is 2.56 bits per heavy atom. The average Bonchev–Trinajstić information content (AvgIpc) is 2.27. The predicted octanol–water partition coefficient (Wildman–Crippen LogP) is 0.994. The molecule has 1 aromatic carbocycles. The van der Waals surface area contributed by atoms with Crippen molar-refractivity contribution in [2.45, 2.75) is 26.3 Å². The van der Waals surface area contributed by atoms with Crippen LogP contribution in [0.3, 0.4) is 0 Å². The van der Waals surface area contributed by atoms with Crippen LogP contribution < -0.4 is 11.1 Å². The number of amides is 2. The van der Waals surface area contributed by atoms with Crippen molar-refractivity contribution >= 4 is 11.8 Å². The monoisotopic (exact) mass is 252 g/mol. The normalized spacial score (nSPS) is 12.2. The zero-order valence-electron chi connectivity index (χ0n) is 10.4. The molecule has 5 heteroatoms. The van der Waals surface area contributed by atoms with Gasteiger partial charge in [0.1, 0.15) is 11.9 Å². The van der Waals surface area contributed by atoms with Crippen molar-refractivity contribution in [3.63, 3.8) is 0 Å². The number of halogens is 1. The number of primary amides is 1. The van der Waals surface area contributed by atoms with Crippen LogP contribution in [0.15, 0.2) is 24.3 Å². The highest BCUT2D eigenvalue weighted by atomic mass is 19.1. The molecule has 1 atom stereocenters. The minimum atomic E-state index is -0.818. The van der Waals surface area contributed by atoms with Gasteiger partial charge in [-0.15, -0.1) is 0 Å². The van der Waals surface area contributed by atoms with Crippen LogP contribution in [0.4, 0.5) is 4.39 Å². The number of benzene rings is 1. The highest BCUT2D eigenvalue weighted by molar-refractivity contribution is 5.87. The SMILES string of the molecule is CC(C)C(=O)N[C@@H](Cc1cccc(F)c1)C(N)=O. The molecular formula is C13H17FN2O2. The summed E-state index contributed by atoms with van der Waals surface area (Å²) in [6.45, 7) is 3.44. The average molecular weight is 252 g/mol. The molecule has 0 radical (unpaired) electrons. The number of carbonyl (C=O) groups excluding carboxylic acids is 2. The number of hydrogen-bond acceptors (Lipinski definition) is 2. The molecule has 98 valence electrons. The van der Waals surface area contributed by atoms with Gasteiger partial charge in [-0.05, 0) is 17.7 Å². The van der Waals surface area contributed by atoms with Gasteiger partial charge in [0.2, 0.25) is 11.8 Å². The molecule has 0 spiro atoms. The molecule has 0 saturated carbocycles. The molecule has 1 aromatic rings. The van der Waals surface area contributed by atoms with Crippen molar-refractivity contribution in [3.05, 3.63) is 35.6 Å². The van der Waals surface area contributed by atoms with Crippen LogP contribution in [0.1, 0.15) is 19.4 Å². The van der Waals surface area contributed by atoms with Crippen LogP contribution in [0.5, 0.6) is 0 Å². The van der Waals surface area contributed by atoms with E-state index in [4.69, 9.17) is 5.73 Å². The van der Waals surface area contributed by atoms with Gasteiger partial charge in [-0.2, -0.15) is 0 Å². The Kier molecular flexibility index (Phi) is 4.83. The molecule has 2 amide bonds. The molecule has 0 fully saturated rings. The molecule has 0 aliphatic carbocycles. The smallest absolute Gasteiger partial charge is 0.240 e. The quantitative estimate of drug-likeness (QED) is 0.820. The van der Waals surface area contributed by atoms with E-state index in [1.54, 1.807) is 26.0 Å². The lowest BCUT2D eigenvalue weighted by Gasteiger charge is -2.17. The number of hydrogen-bond donors (Lipinski definition) is 2. The summed E-state index contributed by atoms with van der Waals surface area (Å²) < 4.78 is 13.0. The molecule has 18 heavy (non-hydrogen) atoms. The van der Waals surface area contributed by atoms with E-state index in [0.717, 1.165) is 0 Å². The van der Waals surface area contributed by atoms with Gasteiger partial charge in [-0.3, -0.25) is 9.59 Å². The topological polar surface area (TPSA) is 72.2 Å². The first-order chi connectivity index (χ1) is 8.40. The van der Waals surface area contributed by atoms with Gasteiger partial charge in [0.25, 0.3) is 0 Å². The Morgan fingerprint density at radius 2 is 2.06 bits per heavy atom. The summed E-state index contributed by atoms with van der Waals surface area (Å²) in [7, 11) is 0. The Balaban J connectivity index is 2.75. The minimum Gasteiger partial charge on any atom is -0.368 e. The summed E-state index contributed by atoms with van der Waals surface area (Å²) in [6, 6.07) is 5.04. The van der Waals surface area contributed by atoms with E-state index < -0.39 is 11.9 Å². The largest absolute Gasteiger partial charge is 0.368 e. The maximum absolute atomic E-state index is 13.0. The lowest BCUT2D eigenvalue weighted by Crippen LogP contribution is -2.47. The van der Waals surface area contributed by atoms with Crippen molar-refractivity contribution in [2.75, 3.05) is 0 Å². The minimum absolute atomic E-state index is 0.186. The van der Waals surface area contributed by atoms with Gasteiger partial charge >= 0.3 is 0 Å². The molecule has 1 rings (SSSR count). The van der Waals surface area contributed by atoms with E-state index in [1.807, 2.05) is 0 Å². The third kappa shape index (κ3) is 4.16. The lowest BCUT2D eigenvalue weighted by atomic mass is 10.0. The Morgan fingerprint density at radius 1 is 1.39 bits per heavy atom. The van der Waals surface area contributed by atoms with E-state index in [1.165, 1.54) is 12.1 Å². The third-order valence-electron chi connectivity index (χ3n) is 2.51. The first-order valence-electron chi connectivity index (χ1n) is 5.74. The van der Waals surface area contributed by atoms with Gasteiger partial charge in [-0.25, -0.2) is 4.39 Å². The second-order valence-electron chi connectivity index (χ2n) is 4.45. The van der Waals surface area contributed by atoms with Crippen LogP contribution in [0.25, 0.3) is 0 Å². The van der Waals surface area contributed by atoms with Gasteiger partial charge in [0.05, 0.1) is 0 Å². The van der Waals surface area contributed by atoms with Gasteiger partial charge in [-0.1, -0.05) is 26.0 Å². The molecular weight excluding hydrogens is 235 g/mol. The standard InChI is InChI=1S/C13H17FN2O2/c1-8(2)13(18)16-11(12(15)17)7-9-4-3-5-10(14)6-9/h3-6,8,11H,7H2,1-2H3,(H2,15,17)(H,16,18)/t11-/m0/s1. The third-order valence-corrected chi connectivity index (χ3v) is 2.51. The summed E-state index contributed by atoms with van der Waals surface area (Å²) >= 11 is 0. The van der Waals surface area contributed by atoms with Crippen LogP contribution in [-0.2, 0) is 16.0 Å². The van der Waals surface area contributed by atoms with Crippen LogP contribution in [0.2, 0.25) is 0 Å². The van der Waals surface area contributed by atoms with Crippen molar-refractivity contribution in [3.8, 4) is 0 Å². The number of rotatable bonds is 5. The van der Waals surface area contributed by atoms with Crippen molar-refractivity contribution in [1.29, 1.82) is 0 Å². The number of carbonyl (C=O) groups is 2. The molecule has 0 aromatic heterocycles.